The molecule has 1 aromatic rings. The van der Waals surface area contributed by atoms with E-state index in [1.807, 2.05) is 11.0 Å². The molecule has 0 saturated carbocycles. The van der Waals surface area contributed by atoms with Gasteiger partial charge in [-0.05, 0) is 0 Å². The number of nitrogens with zero attached hydrogens (tertiary/aromatic N) is 2. The predicted molar refractivity (Wildman–Crippen MR) is 83.9 cm³/mol. The number of fused-ring (bicyclic) bond motifs is 1. The number of carbonyl (C=O) groups is 1. The highest BCUT2D eigenvalue weighted by Crippen LogP contribution is 2.39. The standard InChI is InChI=1S/C15H17N3O2S/c1-3-10-12(4-2)21-9-11-13(10)16-17-14(11)15(19)18-5-7-20-8-6-18/h3-4H,1-2,5-9H2,(H,16,17). The molecule has 0 aliphatic carbocycles. The number of amides is 1. The van der Waals surface area contributed by atoms with Crippen LogP contribution in [0.2, 0.25) is 0 Å². The molecule has 2 aliphatic rings. The van der Waals surface area contributed by atoms with E-state index in [4.69, 9.17) is 4.74 Å². The lowest BCUT2D eigenvalue weighted by Gasteiger charge is -2.26. The molecule has 0 spiro atoms. The molecule has 0 bridgehead atoms. The summed E-state index contributed by atoms with van der Waals surface area (Å²) in [5.41, 5.74) is 3.29. The summed E-state index contributed by atoms with van der Waals surface area (Å²) in [4.78, 5) is 15.5. The van der Waals surface area contributed by atoms with Gasteiger partial charge in [-0.3, -0.25) is 9.89 Å². The highest BCUT2D eigenvalue weighted by atomic mass is 32.2. The number of H-pyrrole nitrogens is 1. The van der Waals surface area contributed by atoms with Crippen LogP contribution >= 0.6 is 11.8 Å². The van der Waals surface area contributed by atoms with Gasteiger partial charge in [0.15, 0.2) is 0 Å². The summed E-state index contributed by atoms with van der Waals surface area (Å²) in [5, 5.41) is 7.24. The van der Waals surface area contributed by atoms with Crippen LogP contribution in [0.4, 0.5) is 0 Å². The van der Waals surface area contributed by atoms with Crippen molar-refractivity contribution in [2.75, 3.05) is 26.3 Å². The maximum Gasteiger partial charge on any atom is 0.272 e. The van der Waals surface area contributed by atoms with E-state index < -0.39 is 0 Å². The summed E-state index contributed by atoms with van der Waals surface area (Å²) in [6, 6.07) is 0. The quantitative estimate of drug-likeness (QED) is 0.930. The number of carbonyl (C=O) groups excluding carboxylic acids is 1. The van der Waals surface area contributed by atoms with Crippen molar-refractivity contribution in [2.24, 2.45) is 0 Å². The zero-order chi connectivity index (χ0) is 14.8. The van der Waals surface area contributed by atoms with Crippen molar-refractivity contribution in [1.82, 2.24) is 15.1 Å². The van der Waals surface area contributed by atoms with Gasteiger partial charge in [-0.2, -0.15) is 5.10 Å². The zero-order valence-electron chi connectivity index (χ0n) is 11.7. The third-order valence-corrected chi connectivity index (χ3v) is 4.79. The van der Waals surface area contributed by atoms with Crippen molar-refractivity contribution in [2.45, 2.75) is 5.75 Å². The summed E-state index contributed by atoms with van der Waals surface area (Å²) >= 11 is 1.66. The number of hydrogen-bond donors (Lipinski definition) is 1. The first-order valence-electron chi connectivity index (χ1n) is 6.82. The molecule has 0 radical (unpaired) electrons. The predicted octanol–water partition coefficient (Wildman–Crippen LogP) is 2.21. The number of aromatic amines is 1. The average molecular weight is 303 g/mol. The number of rotatable bonds is 3. The van der Waals surface area contributed by atoms with Crippen LogP contribution in [-0.2, 0) is 10.5 Å². The van der Waals surface area contributed by atoms with E-state index in [1.165, 1.54) is 0 Å². The lowest BCUT2D eigenvalue weighted by atomic mass is 10.1. The fraction of sp³-hybridized carbons (Fsp3) is 0.333. The van der Waals surface area contributed by atoms with Crippen LogP contribution in [0.3, 0.4) is 0 Å². The molecule has 21 heavy (non-hydrogen) atoms. The van der Waals surface area contributed by atoms with Crippen molar-refractivity contribution in [3.8, 4) is 0 Å². The molecule has 6 heteroatoms. The Hall–Kier alpha value is -1.79. The normalized spacial score (nSPS) is 18.4. The lowest BCUT2D eigenvalue weighted by molar-refractivity contribution is 0.0298. The van der Waals surface area contributed by atoms with E-state index in [0.717, 1.165) is 27.5 Å². The van der Waals surface area contributed by atoms with Gasteiger partial charge in [-0.1, -0.05) is 25.3 Å². The van der Waals surface area contributed by atoms with Gasteiger partial charge in [0.05, 0.1) is 18.9 Å². The molecule has 0 atom stereocenters. The minimum atomic E-state index is -0.00175. The van der Waals surface area contributed by atoms with Gasteiger partial charge in [-0.25, -0.2) is 0 Å². The molecular weight excluding hydrogens is 286 g/mol. The van der Waals surface area contributed by atoms with Gasteiger partial charge in [0.25, 0.3) is 5.91 Å². The Morgan fingerprint density at radius 3 is 2.76 bits per heavy atom. The second-order valence-corrected chi connectivity index (χ2v) is 5.82. The molecule has 1 N–H and O–H groups in total. The van der Waals surface area contributed by atoms with E-state index in [2.05, 4.69) is 23.4 Å². The topological polar surface area (TPSA) is 58.2 Å². The fourth-order valence-corrected chi connectivity index (χ4v) is 3.57. The van der Waals surface area contributed by atoms with E-state index in [0.29, 0.717) is 32.0 Å². The Kier molecular flexibility index (Phi) is 3.98. The third-order valence-electron chi connectivity index (χ3n) is 3.66. The minimum Gasteiger partial charge on any atom is -0.378 e. The van der Waals surface area contributed by atoms with Gasteiger partial charge >= 0.3 is 0 Å². The second kappa shape index (κ2) is 5.91. The van der Waals surface area contributed by atoms with Crippen LogP contribution in [0, 0.1) is 0 Å². The SMILES string of the molecule is C=CC1=C(C=C)c2n[nH]c(C(=O)N3CCOCC3)c2CS1. The van der Waals surface area contributed by atoms with Crippen LogP contribution < -0.4 is 0 Å². The molecule has 0 aromatic carbocycles. The van der Waals surface area contributed by atoms with Crippen molar-refractivity contribution >= 4 is 23.2 Å². The number of hydrogen-bond acceptors (Lipinski definition) is 4. The van der Waals surface area contributed by atoms with Gasteiger partial charge in [0.2, 0.25) is 0 Å². The maximum atomic E-state index is 12.6. The number of nitrogens with one attached hydrogen (secondary N) is 1. The van der Waals surface area contributed by atoms with E-state index in [1.54, 1.807) is 17.8 Å². The first kappa shape index (κ1) is 14.2. The molecule has 2 aliphatic heterocycles. The molecule has 3 rings (SSSR count). The summed E-state index contributed by atoms with van der Waals surface area (Å²) < 4.78 is 5.29. The fourth-order valence-electron chi connectivity index (χ4n) is 2.54. The highest BCUT2D eigenvalue weighted by Gasteiger charge is 2.28. The molecular formula is C15H17N3O2S. The van der Waals surface area contributed by atoms with Crippen LogP contribution in [0.25, 0.3) is 5.57 Å². The highest BCUT2D eigenvalue weighted by molar-refractivity contribution is 8.02. The van der Waals surface area contributed by atoms with E-state index in [-0.39, 0.29) is 5.91 Å². The number of thioether (sulfide) groups is 1. The van der Waals surface area contributed by atoms with Crippen molar-refractivity contribution in [3.63, 3.8) is 0 Å². The molecule has 1 amide bonds. The monoisotopic (exact) mass is 303 g/mol. The lowest BCUT2D eigenvalue weighted by Crippen LogP contribution is -2.41. The Morgan fingerprint density at radius 2 is 2.10 bits per heavy atom. The van der Waals surface area contributed by atoms with Crippen molar-refractivity contribution < 1.29 is 9.53 Å². The van der Waals surface area contributed by atoms with E-state index in [9.17, 15) is 4.79 Å². The molecule has 1 aromatic heterocycles. The molecule has 1 fully saturated rings. The van der Waals surface area contributed by atoms with Crippen molar-refractivity contribution in [3.05, 3.63) is 47.2 Å². The molecule has 3 heterocycles. The summed E-state index contributed by atoms with van der Waals surface area (Å²) in [7, 11) is 0. The number of ether oxygens (including phenoxy) is 1. The summed E-state index contributed by atoms with van der Waals surface area (Å²) in [6.07, 6.45) is 3.58. The summed E-state index contributed by atoms with van der Waals surface area (Å²) in [6.45, 7) is 10.1. The number of allylic oxidation sites excluding steroid dienone is 3. The van der Waals surface area contributed by atoms with Crippen LogP contribution in [-0.4, -0.2) is 47.3 Å². The van der Waals surface area contributed by atoms with E-state index >= 15 is 0 Å². The Bertz CT molecular complexity index is 627. The summed E-state index contributed by atoms with van der Waals surface area (Å²) in [5.74, 6) is 0.716. The molecule has 1 saturated heterocycles. The molecule has 5 nitrogen and oxygen atoms in total. The Labute approximate surface area is 127 Å². The van der Waals surface area contributed by atoms with Gasteiger partial charge in [0, 0.05) is 34.9 Å². The number of morpholine rings is 1. The third kappa shape index (κ3) is 2.45. The van der Waals surface area contributed by atoms with Gasteiger partial charge < -0.3 is 9.64 Å². The minimum absolute atomic E-state index is 0.00175. The first-order valence-corrected chi connectivity index (χ1v) is 7.81. The van der Waals surface area contributed by atoms with Crippen LogP contribution in [0.5, 0.6) is 0 Å². The second-order valence-electron chi connectivity index (χ2n) is 4.81. The molecule has 0 unspecified atom stereocenters. The zero-order valence-corrected chi connectivity index (χ0v) is 12.5. The first-order chi connectivity index (χ1) is 10.3. The maximum absolute atomic E-state index is 12.6. The van der Waals surface area contributed by atoms with Gasteiger partial charge in [-0.15, -0.1) is 11.8 Å². The molecule has 110 valence electrons. The van der Waals surface area contributed by atoms with Crippen LogP contribution in [0.15, 0.2) is 30.2 Å². The smallest absolute Gasteiger partial charge is 0.272 e. The largest absolute Gasteiger partial charge is 0.378 e. The Balaban J connectivity index is 1.95. The van der Waals surface area contributed by atoms with Crippen molar-refractivity contribution in [1.29, 1.82) is 0 Å². The van der Waals surface area contributed by atoms with Crippen LogP contribution in [0.1, 0.15) is 21.7 Å². The van der Waals surface area contributed by atoms with Gasteiger partial charge in [0.1, 0.15) is 5.69 Å². The average Bonchev–Trinajstić information content (AvgIpc) is 2.97. The Morgan fingerprint density at radius 1 is 1.33 bits per heavy atom. The number of aromatic nitrogens is 2.